The smallest absolute Gasteiger partial charge is 0.221 e. The van der Waals surface area contributed by atoms with Crippen molar-refractivity contribution in [3.8, 4) is 11.5 Å². The Balaban J connectivity index is 1.40. The topological polar surface area (TPSA) is 106 Å². The van der Waals surface area contributed by atoms with Gasteiger partial charge in [0.15, 0.2) is 0 Å². The lowest BCUT2D eigenvalue weighted by atomic mass is 9.90. The molecule has 0 aliphatic rings. The monoisotopic (exact) mass is 581 g/mol. The van der Waals surface area contributed by atoms with Crippen molar-refractivity contribution in [2.24, 2.45) is 11.7 Å². The van der Waals surface area contributed by atoms with Crippen LogP contribution in [0.4, 0.5) is 0 Å². The summed E-state index contributed by atoms with van der Waals surface area (Å²) >= 11 is 12.1. The number of carbonyl (C=O) groups is 2. The van der Waals surface area contributed by atoms with Crippen LogP contribution >= 0.6 is 23.2 Å². The number of benzene rings is 3. The SMILES string of the molecule is COc1ccccc1CCC(=O)NC(N)C(Cc1c[nH]c2ccccc12)C(=O)CCCOc1ccc(Cl)cc1Cl. The predicted molar refractivity (Wildman–Crippen MR) is 159 cm³/mol. The summed E-state index contributed by atoms with van der Waals surface area (Å²) in [5.74, 6) is 0.347. The summed E-state index contributed by atoms with van der Waals surface area (Å²) < 4.78 is 11.1. The number of hydrogen-bond acceptors (Lipinski definition) is 5. The highest BCUT2D eigenvalue weighted by molar-refractivity contribution is 6.35. The van der Waals surface area contributed by atoms with Crippen LogP contribution in [-0.2, 0) is 22.4 Å². The number of amides is 1. The van der Waals surface area contributed by atoms with Crippen molar-refractivity contribution in [3.05, 3.63) is 94.1 Å². The van der Waals surface area contributed by atoms with Gasteiger partial charge >= 0.3 is 0 Å². The molecule has 0 aliphatic heterocycles. The van der Waals surface area contributed by atoms with E-state index in [-0.39, 0.29) is 24.5 Å². The molecular formula is C31H33Cl2N3O4. The van der Waals surface area contributed by atoms with Crippen LogP contribution in [0.25, 0.3) is 10.9 Å². The van der Waals surface area contributed by atoms with Crippen LogP contribution in [0.15, 0.2) is 72.9 Å². The molecule has 1 amide bonds. The molecule has 40 heavy (non-hydrogen) atoms. The first-order valence-corrected chi connectivity index (χ1v) is 13.9. The van der Waals surface area contributed by atoms with E-state index >= 15 is 0 Å². The van der Waals surface area contributed by atoms with E-state index in [1.165, 1.54) is 0 Å². The van der Waals surface area contributed by atoms with Crippen molar-refractivity contribution in [2.75, 3.05) is 13.7 Å². The number of nitrogens with one attached hydrogen (secondary N) is 2. The summed E-state index contributed by atoms with van der Waals surface area (Å²) in [6.45, 7) is 0.299. The van der Waals surface area contributed by atoms with Gasteiger partial charge in [0.25, 0.3) is 0 Å². The van der Waals surface area contributed by atoms with Crippen LogP contribution in [0.1, 0.15) is 30.4 Å². The van der Waals surface area contributed by atoms with Crippen LogP contribution in [0, 0.1) is 5.92 Å². The molecule has 210 valence electrons. The van der Waals surface area contributed by atoms with Gasteiger partial charge in [0.05, 0.1) is 30.8 Å². The molecule has 7 nitrogen and oxygen atoms in total. The minimum absolute atomic E-state index is 0.0476. The van der Waals surface area contributed by atoms with Gasteiger partial charge in [0, 0.05) is 35.0 Å². The second-order valence-corrected chi connectivity index (χ2v) is 10.4. The van der Waals surface area contributed by atoms with Crippen molar-refractivity contribution in [3.63, 3.8) is 0 Å². The Morgan fingerprint density at radius 1 is 0.975 bits per heavy atom. The van der Waals surface area contributed by atoms with Gasteiger partial charge in [-0.2, -0.15) is 0 Å². The van der Waals surface area contributed by atoms with Crippen molar-refractivity contribution in [1.29, 1.82) is 0 Å². The number of methoxy groups -OCH3 is 1. The number of ether oxygens (including phenoxy) is 2. The molecule has 0 aliphatic carbocycles. The summed E-state index contributed by atoms with van der Waals surface area (Å²) in [6.07, 6.45) is 2.86. The zero-order valence-corrected chi connectivity index (χ0v) is 23.8. The molecule has 0 radical (unpaired) electrons. The number of carbonyl (C=O) groups excluding carboxylic acids is 2. The molecule has 0 saturated carbocycles. The zero-order chi connectivity index (χ0) is 28.5. The number of halogens is 2. The summed E-state index contributed by atoms with van der Waals surface area (Å²) in [6, 6.07) is 20.5. The van der Waals surface area contributed by atoms with Crippen LogP contribution in [0.5, 0.6) is 11.5 Å². The number of fused-ring (bicyclic) bond motifs is 1. The first-order valence-electron chi connectivity index (χ1n) is 13.2. The van der Waals surface area contributed by atoms with Gasteiger partial charge in [-0.15, -0.1) is 0 Å². The standard InChI is InChI=1S/C31H33Cl2N3O4/c1-39-28-11-5-2-7-20(28)12-15-30(38)36-31(34)24(17-21-19-35-26-9-4-3-8-23(21)26)27(37)10-6-16-40-29-14-13-22(32)18-25(29)33/h2-5,7-9,11,13-14,18-19,24,31,35H,6,10,12,15-17,34H2,1H3,(H,36,38). The van der Waals surface area contributed by atoms with E-state index in [2.05, 4.69) is 10.3 Å². The minimum atomic E-state index is -0.849. The lowest BCUT2D eigenvalue weighted by Crippen LogP contribution is -2.50. The number of ketones is 1. The zero-order valence-electron chi connectivity index (χ0n) is 22.3. The first-order chi connectivity index (χ1) is 19.4. The highest BCUT2D eigenvalue weighted by atomic mass is 35.5. The van der Waals surface area contributed by atoms with E-state index in [0.717, 1.165) is 27.8 Å². The molecule has 2 atom stereocenters. The predicted octanol–water partition coefficient (Wildman–Crippen LogP) is 6.10. The van der Waals surface area contributed by atoms with Crippen LogP contribution in [0.2, 0.25) is 10.0 Å². The number of aryl methyl sites for hydroxylation is 1. The molecule has 0 saturated heterocycles. The second-order valence-electron chi connectivity index (χ2n) is 9.57. The van der Waals surface area contributed by atoms with E-state index < -0.39 is 12.1 Å². The molecule has 4 N–H and O–H groups in total. The normalized spacial score (nSPS) is 12.6. The van der Waals surface area contributed by atoms with Gasteiger partial charge in [0.2, 0.25) is 5.91 Å². The average Bonchev–Trinajstić information content (AvgIpc) is 3.36. The third-order valence-electron chi connectivity index (χ3n) is 6.82. The summed E-state index contributed by atoms with van der Waals surface area (Å²) in [5.41, 5.74) is 9.36. The van der Waals surface area contributed by atoms with E-state index in [9.17, 15) is 9.59 Å². The number of rotatable bonds is 14. The van der Waals surface area contributed by atoms with Gasteiger partial charge in [0.1, 0.15) is 17.3 Å². The van der Waals surface area contributed by atoms with E-state index in [1.807, 2.05) is 54.7 Å². The van der Waals surface area contributed by atoms with Gasteiger partial charge in [-0.25, -0.2) is 0 Å². The van der Waals surface area contributed by atoms with Gasteiger partial charge in [-0.1, -0.05) is 59.6 Å². The Morgan fingerprint density at radius 2 is 1.75 bits per heavy atom. The number of para-hydroxylation sites is 2. The molecule has 4 aromatic rings. The quantitative estimate of drug-likeness (QED) is 0.123. The Morgan fingerprint density at radius 3 is 2.55 bits per heavy atom. The molecular weight excluding hydrogens is 549 g/mol. The first kappa shape index (κ1) is 29.5. The van der Waals surface area contributed by atoms with Crippen molar-refractivity contribution in [1.82, 2.24) is 10.3 Å². The Labute approximate surface area is 243 Å². The van der Waals surface area contributed by atoms with Crippen molar-refractivity contribution >= 4 is 45.8 Å². The molecule has 0 bridgehead atoms. The van der Waals surface area contributed by atoms with Gasteiger partial charge in [-0.05, 0) is 60.7 Å². The van der Waals surface area contributed by atoms with Crippen molar-refractivity contribution < 1.29 is 19.1 Å². The molecule has 1 aromatic heterocycles. The fourth-order valence-electron chi connectivity index (χ4n) is 4.70. The molecule has 0 fully saturated rings. The molecule has 1 heterocycles. The van der Waals surface area contributed by atoms with E-state index in [1.54, 1.807) is 25.3 Å². The Kier molecular flexibility index (Phi) is 10.5. The third kappa shape index (κ3) is 7.78. The lowest BCUT2D eigenvalue weighted by Gasteiger charge is -2.24. The van der Waals surface area contributed by atoms with E-state index in [4.69, 9.17) is 38.4 Å². The Hall–Kier alpha value is -3.52. The fraction of sp³-hybridized carbons (Fsp3) is 0.290. The number of H-pyrrole nitrogens is 1. The highest BCUT2D eigenvalue weighted by Gasteiger charge is 2.28. The lowest BCUT2D eigenvalue weighted by molar-refractivity contribution is -0.125. The maximum absolute atomic E-state index is 13.5. The van der Waals surface area contributed by atoms with Crippen LogP contribution in [-0.4, -0.2) is 36.6 Å². The molecule has 9 heteroatoms. The Bertz CT molecular complexity index is 1460. The van der Waals surface area contributed by atoms with Gasteiger partial charge < -0.3 is 25.5 Å². The number of aromatic nitrogens is 1. The number of aromatic amines is 1. The highest BCUT2D eigenvalue weighted by Crippen LogP contribution is 2.28. The molecule has 2 unspecified atom stereocenters. The van der Waals surface area contributed by atoms with Crippen LogP contribution in [0.3, 0.4) is 0 Å². The second kappa shape index (κ2) is 14.2. The summed E-state index contributed by atoms with van der Waals surface area (Å²) in [5, 5.41) is 4.82. The van der Waals surface area contributed by atoms with E-state index in [0.29, 0.717) is 41.7 Å². The summed E-state index contributed by atoms with van der Waals surface area (Å²) in [7, 11) is 1.60. The molecule has 3 aromatic carbocycles. The number of nitrogens with two attached hydrogens (primary N) is 1. The number of Topliss-reactive ketones (excluding diaryl/α,β-unsaturated/α-hetero) is 1. The minimum Gasteiger partial charge on any atom is -0.496 e. The molecule has 4 rings (SSSR count). The molecule has 0 spiro atoms. The summed E-state index contributed by atoms with van der Waals surface area (Å²) in [4.78, 5) is 29.6. The largest absolute Gasteiger partial charge is 0.496 e. The third-order valence-corrected chi connectivity index (χ3v) is 7.35. The van der Waals surface area contributed by atoms with Crippen LogP contribution < -0.4 is 20.5 Å². The van der Waals surface area contributed by atoms with Gasteiger partial charge in [-0.3, -0.25) is 9.59 Å². The fourth-order valence-corrected chi connectivity index (χ4v) is 5.16. The maximum atomic E-state index is 13.5. The average molecular weight is 583 g/mol. The maximum Gasteiger partial charge on any atom is 0.221 e. The number of hydrogen-bond donors (Lipinski definition) is 3. The van der Waals surface area contributed by atoms with Crippen molar-refractivity contribution in [2.45, 2.75) is 38.3 Å².